The molecule has 35 heavy (non-hydrogen) atoms. The van der Waals surface area contributed by atoms with Gasteiger partial charge in [0.1, 0.15) is 0 Å². The third kappa shape index (κ3) is 6.16. The van der Waals surface area contributed by atoms with Crippen LogP contribution in [0.2, 0.25) is 0 Å². The Labute approximate surface area is 209 Å². The Morgan fingerprint density at radius 3 is 2.11 bits per heavy atom. The third-order valence-electron chi connectivity index (χ3n) is 6.17. The lowest BCUT2D eigenvalue weighted by Crippen LogP contribution is -2.48. The highest BCUT2D eigenvalue weighted by atomic mass is 32.2. The molecule has 0 aliphatic carbocycles. The fraction of sp³-hybridized carbons (Fsp3) is 0.480. The van der Waals surface area contributed by atoms with E-state index in [1.165, 1.54) is 29.6 Å². The van der Waals surface area contributed by atoms with Crippen molar-refractivity contribution in [2.24, 2.45) is 5.92 Å². The number of anilines is 2. The first-order valence-corrected chi connectivity index (χ1v) is 15.2. The molecule has 192 valence electrons. The molecular weight excluding hydrogens is 484 g/mol. The highest BCUT2D eigenvalue weighted by Crippen LogP contribution is 2.32. The molecule has 8 nitrogen and oxygen atoms in total. The van der Waals surface area contributed by atoms with E-state index in [-0.39, 0.29) is 21.6 Å². The summed E-state index contributed by atoms with van der Waals surface area (Å²) < 4.78 is 50.3. The average Bonchev–Trinajstić information content (AvgIpc) is 2.81. The number of hydrogen-bond donors (Lipinski definition) is 1. The molecule has 1 heterocycles. The first-order chi connectivity index (χ1) is 16.3. The molecular formula is C25H36N4O4S2. The molecule has 1 saturated heterocycles. The average molecular weight is 521 g/mol. The lowest BCUT2D eigenvalue weighted by Gasteiger charge is -2.36. The van der Waals surface area contributed by atoms with E-state index in [9.17, 15) is 17.4 Å². The normalized spacial score (nSPS) is 16.3. The number of aryl methyl sites for hydroxylation is 1. The van der Waals surface area contributed by atoms with Crippen LogP contribution in [0.25, 0.3) is 0 Å². The SMILES string of the molecule is CCc1ccc(N(CC(C)C)S(=O)(=O)c2ccc(N3CCN(C(C)=O)CC3)c(S(C)(=N)=O)c2)cc1. The topological polar surface area (TPSA) is 102 Å². The number of sulfonamides is 1. The highest BCUT2D eigenvalue weighted by Gasteiger charge is 2.29. The summed E-state index contributed by atoms with van der Waals surface area (Å²) in [6.07, 6.45) is 2.17. The van der Waals surface area contributed by atoms with Gasteiger partial charge in [-0.2, -0.15) is 0 Å². The predicted octanol–water partition coefficient (Wildman–Crippen LogP) is 3.80. The quantitative estimate of drug-likeness (QED) is 0.570. The van der Waals surface area contributed by atoms with Crippen LogP contribution in [-0.4, -0.2) is 62.4 Å². The lowest BCUT2D eigenvalue weighted by atomic mass is 10.1. The lowest BCUT2D eigenvalue weighted by molar-refractivity contribution is -0.129. The van der Waals surface area contributed by atoms with Crippen molar-refractivity contribution in [3.8, 4) is 0 Å². The summed E-state index contributed by atoms with van der Waals surface area (Å²) in [5, 5.41) is 0. The molecule has 1 atom stereocenters. The van der Waals surface area contributed by atoms with E-state index in [1.807, 2.05) is 49.9 Å². The monoisotopic (exact) mass is 520 g/mol. The van der Waals surface area contributed by atoms with Gasteiger partial charge in [0, 0.05) is 45.9 Å². The zero-order valence-corrected chi connectivity index (χ0v) is 22.8. The van der Waals surface area contributed by atoms with Gasteiger partial charge in [-0.15, -0.1) is 0 Å². The van der Waals surface area contributed by atoms with Crippen LogP contribution in [0.3, 0.4) is 0 Å². The van der Waals surface area contributed by atoms with Crippen LogP contribution >= 0.6 is 0 Å². The number of nitrogens with one attached hydrogen (secondary N) is 1. The van der Waals surface area contributed by atoms with Crippen LogP contribution < -0.4 is 9.21 Å². The van der Waals surface area contributed by atoms with Crippen LogP contribution in [0.1, 0.15) is 33.3 Å². The number of carbonyl (C=O) groups excluding carboxylic acids is 1. The molecule has 3 rings (SSSR count). The molecule has 1 N–H and O–H groups in total. The summed E-state index contributed by atoms with van der Waals surface area (Å²) in [5.74, 6) is 0.0850. The van der Waals surface area contributed by atoms with Crippen molar-refractivity contribution in [1.82, 2.24) is 4.90 Å². The Balaban J connectivity index is 2.04. The Morgan fingerprint density at radius 1 is 1.03 bits per heavy atom. The fourth-order valence-electron chi connectivity index (χ4n) is 4.19. The molecule has 0 spiro atoms. The van der Waals surface area contributed by atoms with Crippen LogP contribution in [0.5, 0.6) is 0 Å². The molecule has 0 saturated carbocycles. The Bertz CT molecular complexity index is 1270. The molecule has 1 aliphatic heterocycles. The van der Waals surface area contributed by atoms with Crippen LogP contribution in [-0.2, 0) is 31.0 Å². The van der Waals surface area contributed by atoms with Gasteiger partial charge in [0.25, 0.3) is 10.0 Å². The molecule has 0 bridgehead atoms. The van der Waals surface area contributed by atoms with Crippen LogP contribution in [0, 0.1) is 10.7 Å². The van der Waals surface area contributed by atoms with E-state index in [1.54, 1.807) is 11.0 Å². The zero-order valence-electron chi connectivity index (χ0n) is 21.2. The second kappa shape index (κ2) is 10.6. The van der Waals surface area contributed by atoms with E-state index in [0.717, 1.165) is 12.0 Å². The summed E-state index contributed by atoms with van der Waals surface area (Å²) in [5.41, 5.74) is 2.27. The maximum atomic E-state index is 13.8. The molecule has 2 aromatic rings. The second-order valence-corrected chi connectivity index (χ2v) is 13.4. The van der Waals surface area contributed by atoms with Gasteiger partial charge < -0.3 is 9.80 Å². The summed E-state index contributed by atoms with van der Waals surface area (Å²) in [6, 6.07) is 12.1. The van der Waals surface area contributed by atoms with Gasteiger partial charge in [-0.3, -0.25) is 9.10 Å². The number of carbonyl (C=O) groups is 1. The second-order valence-electron chi connectivity index (χ2n) is 9.42. The van der Waals surface area contributed by atoms with Gasteiger partial charge >= 0.3 is 0 Å². The Kier molecular flexibility index (Phi) is 8.16. The van der Waals surface area contributed by atoms with E-state index in [4.69, 9.17) is 4.78 Å². The van der Waals surface area contributed by atoms with Crippen LogP contribution in [0.15, 0.2) is 52.3 Å². The van der Waals surface area contributed by atoms with Gasteiger partial charge in [0.05, 0.1) is 30.9 Å². The maximum absolute atomic E-state index is 13.8. The van der Waals surface area contributed by atoms with Crippen molar-refractivity contribution in [3.63, 3.8) is 0 Å². The van der Waals surface area contributed by atoms with Gasteiger partial charge in [-0.05, 0) is 48.2 Å². The number of benzene rings is 2. The highest BCUT2D eigenvalue weighted by molar-refractivity contribution is 7.93. The van der Waals surface area contributed by atoms with E-state index < -0.39 is 19.8 Å². The largest absolute Gasteiger partial charge is 0.367 e. The van der Waals surface area contributed by atoms with Gasteiger partial charge in [0.2, 0.25) is 5.91 Å². The van der Waals surface area contributed by atoms with Gasteiger partial charge in [-0.25, -0.2) is 17.4 Å². The Morgan fingerprint density at radius 2 is 1.63 bits per heavy atom. The van der Waals surface area contributed by atoms with Crippen LogP contribution in [0.4, 0.5) is 11.4 Å². The number of amides is 1. The summed E-state index contributed by atoms with van der Waals surface area (Å²) >= 11 is 0. The minimum Gasteiger partial charge on any atom is -0.367 e. The standard InChI is InChI=1S/C25H36N4O4S2/c1-6-21-7-9-22(10-8-21)29(18-19(2)3)35(32,33)23-11-12-24(25(17-23)34(5,26)31)28-15-13-27(14-16-28)20(4)30/h7-12,17,19,26H,6,13-16,18H2,1-5H3. The molecule has 0 aromatic heterocycles. The van der Waals surface area contributed by atoms with E-state index in [2.05, 4.69) is 0 Å². The number of hydrogen-bond acceptors (Lipinski definition) is 6. The minimum absolute atomic E-state index is 0.00306. The first kappa shape index (κ1) is 27.0. The van der Waals surface area contributed by atoms with Crippen molar-refractivity contribution in [1.29, 1.82) is 4.78 Å². The van der Waals surface area contributed by atoms with Crippen molar-refractivity contribution in [3.05, 3.63) is 48.0 Å². The molecule has 1 aliphatic rings. The zero-order chi connectivity index (χ0) is 26.0. The predicted molar refractivity (Wildman–Crippen MR) is 141 cm³/mol. The molecule has 1 amide bonds. The molecule has 1 fully saturated rings. The summed E-state index contributed by atoms with van der Waals surface area (Å²) in [6.45, 7) is 9.88. The number of piperazine rings is 1. The van der Waals surface area contributed by atoms with Gasteiger partial charge in [-0.1, -0.05) is 32.9 Å². The van der Waals surface area contributed by atoms with Crippen molar-refractivity contribution in [2.45, 2.75) is 43.9 Å². The third-order valence-corrected chi connectivity index (χ3v) is 9.12. The van der Waals surface area contributed by atoms with E-state index >= 15 is 0 Å². The maximum Gasteiger partial charge on any atom is 0.264 e. The van der Waals surface area contributed by atoms with Crippen molar-refractivity contribution in [2.75, 3.05) is 48.2 Å². The number of rotatable bonds is 8. The molecule has 1 unspecified atom stereocenters. The smallest absolute Gasteiger partial charge is 0.264 e. The molecule has 10 heteroatoms. The van der Waals surface area contributed by atoms with Gasteiger partial charge in [0.15, 0.2) is 0 Å². The van der Waals surface area contributed by atoms with Crippen molar-refractivity contribution < 1.29 is 17.4 Å². The number of nitrogens with zero attached hydrogens (tertiary/aromatic N) is 3. The van der Waals surface area contributed by atoms with Crippen molar-refractivity contribution >= 4 is 37.0 Å². The fourth-order valence-corrected chi connectivity index (χ4v) is 6.87. The van der Waals surface area contributed by atoms with E-state index in [0.29, 0.717) is 44.1 Å². The summed E-state index contributed by atoms with van der Waals surface area (Å²) in [4.78, 5) is 15.6. The minimum atomic E-state index is -3.97. The summed E-state index contributed by atoms with van der Waals surface area (Å²) in [7, 11) is -7.19. The first-order valence-electron chi connectivity index (χ1n) is 11.8. The Hall–Kier alpha value is -2.59. The molecule has 2 aromatic carbocycles. The molecule has 0 radical (unpaired) electrons.